The van der Waals surface area contributed by atoms with E-state index < -0.39 is 29.9 Å². The number of carbonyl (C=O) groups excluding carboxylic acids is 4. The van der Waals surface area contributed by atoms with Gasteiger partial charge in [0.1, 0.15) is 12.6 Å². The third kappa shape index (κ3) is 7.94. The van der Waals surface area contributed by atoms with Crippen molar-refractivity contribution in [3.63, 3.8) is 0 Å². The molecule has 1 fully saturated rings. The van der Waals surface area contributed by atoms with Crippen LogP contribution in [0.2, 0.25) is 0 Å². The Kier molecular flexibility index (Phi) is 9.88. The van der Waals surface area contributed by atoms with Gasteiger partial charge in [-0.1, -0.05) is 36.4 Å². The zero-order chi connectivity index (χ0) is 30.1. The van der Waals surface area contributed by atoms with Gasteiger partial charge in [0.15, 0.2) is 0 Å². The number of urea groups is 1. The number of nitrogens with one attached hydrogen (secondary N) is 3. The number of likely N-dealkylation sites (tertiary alicyclic amines) is 1. The summed E-state index contributed by atoms with van der Waals surface area (Å²) in [5.74, 6) is -2.33. The minimum atomic E-state index is -1.08. The van der Waals surface area contributed by atoms with Gasteiger partial charge in [0.25, 0.3) is 5.91 Å². The molecular formula is C31H33N5O6. The molecule has 1 atom stereocenters. The molecule has 11 nitrogen and oxygen atoms in total. The molecule has 11 heteroatoms. The van der Waals surface area contributed by atoms with Crippen molar-refractivity contribution < 1.29 is 29.1 Å². The van der Waals surface area contributed by atoms with Crippen LogP contribution in [-0.4, -0.2) is 70.3 Å². The lowest BCUT2D eigenvalue weighted by atomic mass is 10.1. The van der Waals surface area contributed by atoms with Crippen molar-refractivity contribution in [1.29, 1.82) is 0 Å². The summed E-state index contributed by atoms with van der Waals surface area (Å²) in [5, 5.41) is 17.5. The topological polar surface area (TPSA) is 148 Å². The van der Waals surface area contributed by atoms with Gasteiger partial charge in [0.2, 0.25) is 11.8 Å². The minimum Gasteiger partial charge on any atom is -0.481 e. The fourth-order valence-electron chi connectivity index (χ4n) is 4.70. The van der Waals surface area contributed by atoms with Crippen LogP contribution in [0.4, 0.5) is 21.9 Å². The lowest BCUT2D eigenvalue weighted by Crippen LogP contribution is -2.48. The molecule has 1 heterocycles. The van der Waals surface area contributed by atoms with Crippen LogP contribution in [0.15, 0.2) is 78.9 Å². The standard InChI is InChI=1S/C31H33N5O6/c1-21-8-5-6-11-25(21)34-31(42)33-24-15-13-23(14-16-24)32-29(40)26-12-7-18-36(26)27(37)20-35(19-17-28(38)39)30(41)22-9-3-2-4-10-22/h2-6,8-11,13-16,26H,7,12,17-20H2,1H3,(H,32,40)(H,38,39)(H2,33,34,42). The van der Waals surface area contributed by atoms with Crippen LogP contribution in [0, 0.1) is 6.92 Å². The van der Waals surface area contributed by atoms with Crippen molar-refractivity contribution in [2.45, 2.75) is 32.2 Å². The molecule has 1 aliphatic rings. The van der Waals surface area contributed by atoms with Gasteiger partial charge in [0, 0.05) is 35.7 Å². The first-order valence-electron chi connectivity index (χ1n) is 13.6. The average Bonchev–Trinajstić information content (AvgIpc) is 3.48. The van der Waals surface area contributed by atoms with E-state index in [1.807, 2.05) is 25.1 Å². The molecule has 5 amide bonds. The van der Waals surface area contributed by atoms with Crippen LogP contribution < -0.4 is 16.0 Å². The number of carboxylic acid groups (broad SMARTS) is 1. The summed E-state index contributed by atoms with van der Waals surface area (Å²) in [6.07, 6.45) is 0.761. The maximum Gasteiger partial charge on any atom is 0.323 e. The number of rotatable bonds is 10. The number of aliphatic carboxylic acids is 1. The van der Waals surface area contributed by atoms with Gasteiger partial charge in [-0.05, 0) is 67.8 Å². The van der Waals surface area contributed by atoms with E-state index in [0.717, 1.165) is 5.56 Å². The third-order valence-corrected chi connectivity index (χ3v) is 6.91. The largest absolute Gasteiger partial charge is 0.481 e. The summed E-state index contributed by atoms with van der Waals surface area (Å²) < 4.78 is 0. The molecule has 218 valence electrons. The van der Waals surface area contributed by atoms with Crippen molar-refractivity contribution >= 4 is 46.8 Å². The number of benzene rings is 3. The van der Waals surface area contributed by atoms with E-state index in [9.17, 15) is 24.0 Å². The van der Waals surface area contributed by atoms with E-state index in [4.69, 9.17) is 5.11 Å². The molecule has 0 aromatic heterocycles. The van der Waals surface area contributed by atoms with Crippen molar-refractivity contribution in [3.05, 3.63) is 90.0 Å². The van der Waals surface area contributed by atoms with Gasteiger partial charge in [-0.2, -0.15) is 0 Å². The van der Waals surface area contributed by atoms with Crippen LogP contribution in [0.5, 0.6) is 0 Å². The summed E-state index contributed by atoms with van der Waals surface area (Å²) in [5.41, 5.74) is 3.00. The zero-order valence-electron chi connectivity index (χ0n) is 23.2. The molecule has 0 bridgehead atoms. The predicted octanol–water partition coefficient (Wildman–Crippen LogP) is 4.19. The SMILES string of the molecule is Cc1ccccc1NC(=O)Nc1ccc(NC(=O)C2CCCN2C(=O)CN(CCC(=O)O)C(=O)c2ccccc2)cc1. The highest BCUT2D eigenvalue weighted by atomic mass is 16.4. The molecule has 0 radical (unpaired) electrons. The van der Waals surface area contributed by atoms with E-state index in [1.54, 1.807) is 60.7 Å². The number of hydrogen-bond donors (Lipinski definition) is 4. The Morgan fingerprint density at radius 3 is 2.17 bits per heavy atom. The number of amides is 5. The van der Waals surface area contributed by atoms with E-state index in [2.05, 4.69) is 16.0 Å². The molecule has 1 saturated heterocycles. The highest BCUT2D eigenvalue weighted by Gasteiger charge is 2.35. The van der Waals surface area contributed by atoms with Crippen molar-refractivity contribution in [2.24, 2.45) is 0 Å². The molecule has 0 saturated carbocycles. The summed E-state index contributed by atoms with van der Waals surface area (Å²) >= 11 is 0. The number of anilines is 3. The first kappa shape index (κ1) is 29.8. The first-order chi connectivity index (χ1) is 20.2. The lowest BCUT2D eigenvalue weighted by Gasteiger charge is -2.28. The van der Waals surface area contributed by atoms with Gasteiger partial charge < -0.3 is 30.9 Å². The molecule has 1 unspecified atom stereocenters. The van der Waals surface area contributed by atoms with Crippen molar-refractivity contribution in [1.82, 2.24) is 9.80 Å². The highest BCUT2D eigenvalue weighted by Crippen LogP contribution is 2.22. The second kappa shape index (κ2) is 13.9. The summed E-state index contributed by atoms with van der Waals surface area (Å²) in [4.78, 5) is 65.6. The number of carboxylic acids is 1. The Morgan fingerprint density at radius 1 is 0.857 bits per heavy atom. The number of para-hydroxylation sites is 1. The van der Waals surface area contributed by atoms with Crippen LogP contribution >= 0.6 is 0 Å². The number of carbonyl (C=O) groups is 5. The molecular weight excluding hydrogens is 538 g/mol. The second-order valence-electron chi connectivity index (χ2n) is 9.94. The molecule has 3 aromatic rings. The van der Waals surface area contributed by atoms with Crippen LogP contribution in [0.3, 0.4) is 0 Å². The van der Waals surface area contributed by atoms with Gasteiger partial charge in [-0.3, -0.25) is 19.2 Å². The Labute approximate surface area is 243 Å². The quantitative estimate of drug-likeness (QED) is 0.287. The molecule has 1 aliphatic heterocycles. The van der Waals surface area contributed by atoms with Gasteiger partial charge in [0.05, 0.1) is 6.42 Å². The fraction of sp³-hybridized carbons (Fsp3) is 0.258. The first-order valence-corrected chi connectivity index (χ1v) is 13.6. The molecule has 0 spiro atoms. The van der Waals surface area contributed by atoms with Crippen LogP contribution in [0.25, 0.3) is 0 Å². The lowest BCUT2D eigenvalue weighted by molar-refractivity contribution is -0.139. The molecule has 4 N–H and O–H groups in total. The van der Waals surface area contributed by atoms with E-state index in [0.29, 0.717) is 42.0 Å². The predicted molar refractivity (Wildman–Crippen MR) is 158 cm³/mol. The van der Waals surface area contributed by atoms with E-state index in [1.165, 1.54) is 9.80 Å². The Balaban J connectivity index is 1.35. The van der Waals surface area contributed by atoms with Crippen LogP contribution in [0.1, 0.15) is 35.2 Å². The van der Waals surface area contributed by atoms with Crippen molar-refractivity contribution in [3.8, 4) is 0 Å². The number of hydrogen-bond acceptors (Lipinski definition) is 5. The van der Waals surface area contributed by atoms with Gasteiger partial charge in [-0.25, -0.2) is 4.79 Å². The maximum absolute atomic E-state index is 13.3. The van der Waals surface area contributed by atoms with Gasteiger partial charge in [-0.15, -0.1) is 0 Å². The monoisotopic (exact) mass is 571 g/mol. The Hall–Kier alpha value is -5.19. The fourth-order valence-corrected chi connectivity index (χ4v) is 4.70. The summed E-state index contributed by atoms with van der Waals surface area (Å²) in [6, 6.07) is 21.2. The molecule has 0 aliphatic carbocycles. The second-order valence-corrected chi connectivity index (χ2v) is 9.94. The Morgan fingerprint density at radius 2 is 1.50 bits per heavy atom. The Bertz CT molecular complexity index is 1440. The average molecular weight is 572 g/mol. The van der Waals surface area contributed by atoms with Gasteiger partial charge >= 0.3 is 12.0 Å². The zero-order valence-corrected chi connectivity index (χ0v) is 23.2. The number of aryl methyl sites for hydroxylation is 1. The number of nitrogens with zero attached hydrogens (tertiary/aromatic N) is 2. The highest BCUT2D eigenvalue weighted by molar-refractivity contribution is 6.01. The molecule has 42 heavy (non-hydrogen) atoms. The van der Waals surface area contributed by atoms with E-state index >= 15 is 0 Å². The van der Waals surface area contributed by atoms with Crippen LogP contribution in [-0.2, 0) is 14.4 Å². The molecule has 4 rings (SSSR count). The van der Waals surface area contributed by atoms with Crippen molar-refractivity contribution in [2.75, 3.05) is 35.6 Å². The molecule has 3 aromatic carbocycles. The normalized spacial score (nSPS) is 14.1. The minimum absolute atomic E-state index is 0.136. The third-order valence-electron chi connectivity index (χ3n) is 6.91. The smallest absolute Gasteiger partial charge is 0.323 e. The maximum atomic E-state index is 13.3. The van der Waals surface area contributed by atoms with E-state index in [-0.39, 0.29) is 25.4 Å². The summed E-state index contributed by atoms with van der Waals surface area (Å²) in [6.45, 7) is 1.77. The summed E-state index contributed by atoms with van der Waals surface area (Å²) in [7, 11) is 0.